The molecule has 8 heteroatoms. The van der Waals surface area contributed by atoms with Crippen LogP contribution in [0.1, 0.15) is 12.3 Å². The SMILES string of the molecule is NC(=O)CSc1ccccc1NC(=O)CCc1nnc(-c2ccccc2)o1. The lowest BCUT2D eigenvalue weighted by atomic mass is 10.2. The zero-order chi connectivity index (χ0) is 19.1. The molecule has 1 heterocycles. The van der Waals surface area contributed by atoms with Crippen LogP contribution in [0.5, 0.6) is 0 Å². The van der Waals surface area contributed by atoms with Gasteiger partial charge >= 0.3 is 0 Å². The predicted molar refractivity (Wildman–Crippen MR) is 103 cm³/mol. The number of rotatable bonds is 8. The van der Waals surface area contributed by atoms with Crippen LogP contribution in [0.25, 0.3) is 11.5 Å². The number of amides is 2. The standard InChI is InChI=1S/C19H18N4O3S/c20-16(24)12-27-15-9-5-4-8-14(15)21-17(25)10-11-18-22-23-19(26-18)13-6-2-1-3-7-13/h1-9H,10-12H2,(H2,20,24)(H,21,25). The molecule has 138 valence electrons. The molecule has 3 aromatic rings. The minimum Gasteiger partial charge on any atom is -0.421 e. The van der Waals surface area contributed by atoms with Crippen LogP contribution in [0.3, 0.4) is 0 Å². The first-order chi connectivity index (χ1) is 13.1. The van der Waals surface area contributed by atoms with Crippen LogP contribution in [0.2, 0.25) is 0 Å². The van der Waals surface area contributed by atoms with Crippen LogP contribution >= 0.6 is 11.8 Å². The van der Waals surface area contributed by atoms with Gasteiger partial charge < -0.3 is 15.5 Å². The average molecular weight is 382 g/mol. The van der Waals surface area contributed by atoms with E-state index in [1.165, 1.54) is 11.8 Å². The molecule has 0 aliphatic carbocycles. The second-order valence-corrected chi connectivity index (χ2v) is 6.68. The first kappa shape index (κ1) is 18.7. The Morgan fingerprint density at radius 3 is 2.56 bits per heavy atom. The van der Waals surface area contributed by atoms with Gasteiger partial charge in [0.05, 0.1) is 11.4 Å². The van der Waals surface area contributed by atoms with Gasteiger partial charge in [-0.1, -0.05) is 30.3 Å². The minimum atomic E-state index is -0.410. The van der Waals surface area contributed by atoms with Crippen molar-refractivity contribution in [2.45, 2.75) is 17.7 Å². The number of anilines is 1. The van der Waals surface area contributed by atoms with E-state index in [4.69, 9.17) is 10.2 Å². The molecule has 0 saturated carbocycles. The molecule has 7 nitrogen and oxygen atoms in total. The molecule has 3 N–H and O–H groups in total. The van der Waals surface area contributed by atoms with Gasteiger partial charge in [-0.15, -0.1) is 22.0 Å². The van der Waals surface area contributed by atoms with Crippen molar-refractivity contribution in [2.75, 3.05) is 11.1 Å². The van der Waals surface area contributed by atoms with Gasteiger partial charge in [0.25, 0.3) is 0 Å². The smallest absolute Gasteiger partial charge is 0.247 e. The van der Waals surface area contributed by atoms with Crippen LogP contribution in [-0.4, -0.2) is 27.8 Å². The van der Waals surface area contributed by atoms with Crippen molar-refractivity contribution in [3.8, 4) is 11.5 Å². The average Bonchev–Trinajstić information content (AvgIpc) is 3.15. The topological polar surface area (TPSA) is 111 Å². The summed E-state index contributed by atoms with van der Waals surface area (Å²) >= 11 is 1.28. The van der Waals surface area contributed by atoms with E-state index in [9.17, 15) is 9.59 Å². The number of nitrogens with zero attached hydrogens (tertiary/aromatic N) is 2. The third kappa shape index (κ3) is 5.42. The number of hydrogen-bond donors (Lipinski definition) is 2. The number of carbonyl (C=O) groups excluding carboxylic acids is 2. The van der Waals surface area contributed by atoms with Gasteiger partial charge in [0.1, 0.15) is 0 Å². The predicted octanol–water partition coefficient (Wildman–Crippen LogP) is 2.89. The number of thioether (sulfide) groups is 1. The van der Waals surface area contributed by atoms with Gasteiger partial charge in [-0.3, -0.25) is 9.59 Å². The number of nitrogens with two attached hydrogens (primary N) is 1. The number of benzene rings is 2. The normalized spacial score (nSPS) is 10.5. The fraction of sp³-hybridized carbons (Fsp3) is 0.158. The van der Waals surface area contributed by atoms with Gasteiger partial charge in [-0.25, -0.2) is 0 Å². The summed E-state index contributed by atoms with van der Waals surface area (Å²) in [7, 11) is 0. The first-order valence-corrected chi connectivity index (χ1v) is 9.28. The molecule has 0 fully saturated rings. The molecular formula is C19H18N4O3S. The molecule has 0 saturated heterocycles. The molecule has 0 spiro atoms. The minimum absolute atomic E-state index is 0.150. The van der Waals surface area contributed by atoms with Gasteiger partial charge in [-0.05, 0) is 24.3 Å². The van der Waals surface area contributed by atoms with Crippen LogP contribution in [-0.2, 0) is 16.0 Å². The van der Waals surface area contributed by atoms with E-state index in [2.05, 4.69) is 15.5 Å². The van der Waals surface area contributed by atoms with Crippen molar-refractivity contribution in [1.29, 1.82) is 0 Å². The molecule has 0 aliphatic rings. The zero-order valence-electron chi connectivity index (χ0n) is 14.4. The second kappa shape index (κ2) is 9.00. The summed E-state index contributed by atoms with van der Waals surface area (Å²) in [6.07, 6.45) is 0.535. The maximum absolute atomic E-state index is 12.3. The Morgan fingerprint density at radius 1 is 1.04 bits per heavy atom. The zero-order valence-corrected chi connectivity index (χ0v) is 15.2. The summed E-state index contributed by atoms with van der Waals surface area (Å²) in [6.45, 7) is 0. The van der Waals surface area contributed by atoms with E-state index >= 15 is 0 Å². The van der Waals surface area contributed by atoms with Crippen molar-refractivity contribution in [2.24, 2.45) is 5.73 Å². The maximum Gasteiger partial charge on any atom is 0.247 e. The third-order valence-electron chi connectivity index (χ3n) is 3.58. The van der Waals surface area contributed by atoms with Gasteiger partial charge in [0, 0.05) is 23.3 Å². The van der Waals surface area contributed by atoms with Crippen LogP contribution in [0.15, 0.2) is 63.9 Å². The molecule has 2 amide bonds. The molecule has 0 aliphatic heterocycles. The highest BCUT2D eigenvalue weighted by Gasteiger charge is 2.12. The summed E-state index contributed by atoms with van der Waals surface area (Å²) in [6, 6.07) is 16.7. The van der Waals surface area contributed by atoms with Gasteiger partial charge in [0.2, 0.25) is 23.6 Å². The Labute approximate surface area is 160 Å². The molecule has 27 heavy (non-hydrogen) atoms. The largest absolute Gasteiger partial charge is 0.421 e. The van der Waals surface area contributed by atoms with Crippen molar-refractivity contribution < 1.29 is 14.0 Å². The van der Waals surface area contributed by atoms with Crippen LogP contribution in [0.4, 0.5) is 5.69 Å². The number of aryl methyl sites for hydroxylation is 1. The highest BCUT2D eigenvalue weighted by atomic mass is 32.2. The fourth-order valence-electron chi connectivity index (χ4n) is 2.33. The van der Waals surface area contributed by atoms with Gasteiger partial charge in [0.15, 0.2) is 0 Å². The monoisotopic (exact) mass is 382 g/mol. The van der Waals surface area contributed by atoms with Crippen LogP contribution < -0.4 is 11.1 Å². The molecule has 2 aromatic carbocycles. The van der Waals surface area contributed by atoms with E-state index in [-0.39, 0.29) is 18.1 Å². The number of primary amides is 1. The van der Waals surface area contributed by atoms with E-state index in [1.54, 1.807) is 6.07 Å². The summed E-state index contributed by atoms with van der Waals surface area (Å²) in [4.78, 5) is 24.0. The highest BCUT2D eigenvalue weighted by molar-refractivity contribution is 8.00. The Morgan fingerprint density at radius 2 is 1.78 bits per heavy atom. The van der Waals surface area contributed by atoms with E-state index < -0.39 is 5.91 Å². The van der Waals surface area contributed by atoms with E-state index in [1.807, 2.05) is 48.5 Å². The number of hydrogen-bond acceptors (Lipinski definition) is 6. The van der Waals surface area contributed by atoms with E-state index in [0.29, 0.717) is 23.9 Å². The lowest BCUT2D eigenvalue weighted by Crippen LogP contribution is -2.15. The van der Waals surface area contributed by atoms with Crippen LogP contribution in [0, 0.1) is 0 Å². The number of carbonyl (C=O) groups is 2. The highest BCUT2D eigenvalue weighted by Crippen LogP contribution is 2.27. The first-order valence-electron chi connectivity index (χ1n) is 8.29. The Balaban J connectivity index is 1.56. The molecule has 0 bridgehead atoms. The summed E-state index contributed by atoms with van der Waals surface area (Å²) in [5.41, 5.74) is 6.65. The number of aromatic nitrogens is 2. The maximum atomic E-state index is 12.3. The second-order valence-electron chi connectivity index (χ2n) is 5.67. The summed E-state index contributed by atoms with van der Waals surface area (Å²) in [5, 5.41) is 10.8. The number of para-hydroxylation sites is 1. The molecule has 0 atom stereocenters. The molecular weight excluding hydrogens is 364 g/mol. The molecule has 3 rings (SSSR count). The Kier molecular flexibility index (Phi) is 6.22. The third-order valence-corrected chi connectivity index (χ3v) is 4.68. The van der Waals surface area contributed by atoms with Crippen molar-refractivity contribution >= 4 is 29.3 Å². The quantitative estimate of drug-likeness (QED) is 0.580. The Bertz CT molecular complexity index is 927. The lowest BCUT2D eigenvalue weighted by Gasteiger charge is -2.09. The van der Waals surface area contributed by atoms with Gasteiger partial charge in [-0.2, -0.15) is 0 Å². The van der Waals surface area contributed by atoms with E-state index in [0.717, 1.165) is 10.5 Å². The summed E-state index contributed by atoms with van der Waals surface area (Å²) < 4.78 is 5.60. The molecule has 0 radical (unpaired) electrons. The fourth-order valence-corrected chi connectivity index (χ4v) is 3.08. The van der Waals surface area contributed by atoms with Crippen molar-refractivity contribution in [1.82, 2.24) is 10.2 Å². The van der Waals surface area contributed by atoms with Crippen molar-refractivity contribution in [3.05, 3.63) is 60.5 Å². The molecule has 0 unspecified atom stereocenters. The Hall–Kier alpha value is -3.13. The van der Waals surface area contributed by atoms with Crippen molar-refractivity contribution in [3.63, 3.8) is 0 Å². The number of nitrogens with one attached hydrogen (secondary N) is 1. The summed E-state index contributed by atoms with van der Waals surface area (Å²) in [5.74, 6) is 0.393. The molecule has 1 aromatic heterocycles. The lowest BCUT2D eigenvalue weighted by molar-refractivity contribution is -0.116.